The van der Waals surface area contributed by atoms with Gasteiger partial charge in [0, 0.05) is 4.47 Å². The molecule has 0 bridgehead atoms. The van der Waals surface area contributed by atoms with Crippen LogP contribution in [-0.4, -0.2) is 0 Å². The summed E-state index contributed by atoms with van der Waals surface area (Å²) in [6.07, 6.45) is 11.0. The SMILES string of the molecule is CCCCCC/C=C/c1cccc(Br)c1. The van der Waals surface area contributed by atoms with Crippen molar-refractivity contribution in [2.75, 3.05) is 0 Å². The van der Waals surface area contributed by atoms with Crippen molar-refractivity contribution in [3.63, 3.8) is 0 Å². The Morgan fingerprint density at radius 1 is 1.20 bits per heavy atom. The second-order valence-corrected chi connectivity index (χ2v) is 4.72. The Labute approximate surface area is 102 Å². The molecular formula is C14H19Br. The van der Waals surface area contributed by atoms with Crippen LogP contribution in [0.25, 0.3) is 6.08 Å². The summed E-state index contributed by atoms with van der Waals surface area (Å²) >= 11 is 3.47. The minimum absolute atomic E-state index is 1.15. The van der Waals surface area contributed by atoms with Crippen LogP contribution in [0.4, 0.5) is 0 Å². The third-order valence-electron chi connectivity index (χ3n) is 2.38. The summed E-state index contributed by atoms with van der Waals surface area (Å²) in [4.78, 5) is 0. The molecule has 0 aliphatic heterocycles. The van der Waals surface area contributed by atoms with E-state index in [-0.39, 0.29) is 0 Å². The van der Waals surface area contributed by atoms with Gasteiger partial charge in [0.1, 0.15) is 0 Å². The third kappa shape index (κ3) is 5.78. The predicted molar refractivity (Wildman–Crippen MR) is 71.9 cm³/mol. The van der Waals surface area contributed by atoms with E-state index < -0.39 is 0 Å². The average Bonchev–Trinajstić information content (AvgIpc) is 2.23. The molecule has 0 atom stereocenters. The lowest BCUT2D eigenvalue weighted by atomic mass is 10.1. The molecule has 0 saturated heterocycles. The van der Waals surface area contributed by atoms with Crippen LogP contribution in [0.5, 0.6) is 0 Å². The molecule has 0 radical (unpaired) electrons. The largest absolute Gasteiger partial charge is 0.0839 e. The van der Waals surface area contributed by atoms with Crippen LogP contribution in [-0.2, 0) is 0 Å². The van der Waals surface area contributed by atoms with Crippen molar-refractivity contribution in [1.29, 1.82) is 0 Å². The number of allylic oxidation sites excluding steroid dienone is 1. The first-order valence-corrected chi connectivity index (χ1v) is 6.54. The molecule has 0 saturated carbocycles. The third-order valence-corrected chi connectivity index (χ3v) is 2.88. The second-order valence-electron chi connectivity index (χ2n) is 3.81. The lowest BCUT2D eigenvalue weighted by Gasteiger charge is -1.96. The second kappa shape index (κ2) is 7.70. The van der Waals surface area contributed by atoms with Crippen LogP contribution in [0.1, 0.15) is 44.6 Å². The Balaban J connectivity index is 2.26. The lowest BCUT2D eigenvalue weighted by molar-refractivity contribution is 0.675. The number of halogens is 1. The number of hydrogen-bond acceptors (Lipinski definition) is 0. The highest BCUT2D eigenvalue weighted by molar-refractivity contribution is 9.10. The maximum absolute atomic E-state index is 3.47. The molecule has 0 N–H and O–H groups in total. The molecule has 1 heteroatoms. The maximum Gasteiger partial charge on any atom is 0.0181 e. The standard InChI is InChI=1S/C14H19Br/c1-2-3-4-5-6-7-9-13-10-8-11-14(15)12-13/h7-12H,2-6H2,1H3/b9-7+. The van der Waals surface area contributed by atoms with Gasteiger partial charge >= 0.3 is 0 Å². The predicted octanol–water partition coefficient (Wildman–Crippen LogP) is 5.43. The van der Waals surface area contributed by atoms with Gasteiger partial charge < -0.3 is 0 Å². The molecule has 1 rings (SSSR count). The lowest BCUT2D eigenvalue weighted by Crippen LogP contribution is -1.74. The topological polar surface area (TPSA) is 0 Å². The molecule has 0 heterocycles. The van der Waals surface area contributed by atoms with Gasteiger partial charge in [-0.1, -0.05) is 66.4 Å². The summed E-state index contributed by atoms with van der Waals surface area (Å²) in [6, 6.07) is 8.40. The van der Waals surface area contributed by atoms with Crippen molar-refractivity contribution in [3.8, 4) is 0 Å². The van der Waals surface area contributed by atoms with E-state index in [1.54, 1.807) is 0 Å². The summed E-state index contributed by atoms with van der Waals surface area (Å²) in [5.74, 6) is 0. The zero-order valence-electron chi connectivity index (χ0n) is 9.38. The van der Waals surface area contributed by atoms with Gasteiger partial charge in [0.2, 0.25) is 0 Å². The van der Waals surface area contributed by atoms with Gasteiger partial charge in [-0.25, -0.2) is 0 Å². The quantitative estimate of drug-likeness (QED) is 0.602. The minimum atomic E-state index is 1.15. The van der Waals surface area contributed by atoms with E-state index in [9.17, 15) is 0 Å². The van der Waals surface area contributed by atoms with Gasteiger partial charge in [0.25, 0.3) is 0 Å². The van der Waals surface area contributed by atoms with Gasteiger partial charge in [-0.3, -0.25) is 0 Å². The van der Waals surface area contributed by atoms with Crippen LogP contribution in [0.15, 0.2) is 34.8 Å². The van der Waals surface area contributed by atoms with Crippen LogP contribution in [0.3, 0.4) is 0 Å². The van der Waals surface area contributed by atoms with Crippen LogP contribution in [0.2, 0.25) is 0 Å². The van der Waals surface area contributed by atoms with Crippen molar-refractivity contribution >= 4 is 22.0 Å². The molecule has 15 heavy (non-hydrogen) atoms. The van der Waals surface area contributed by atoms with Gasteiger partial charge in [0.15, 0.2) is 0 Å². The highest BCUT2D eigenvalue weighted by Gasteiger charge is 1.88. The summed E-state index contributed by atoms with van der Waals surface area (Å²) in [6.45, 7) is 2.25. The Hall–Kier alpha value is -0.560. The van der Waals surface area contributed by atoms with Crippen LogP contribution < -0.4 is 0 Å². The number of benzene rings is 1. The fourth-order valence-corrected chi connectivity index (χ4v) is 1.94. The van der Waals surface area contributed by atoms with Gasteiger partial charge in [-0.05, 0) is 30.5 Å². The van der Waals surface area contributed by atoms with Gasteiger partial charge in [0.05, 0.1) is 0 Å². The monoisotopic (exact) mass is 266 g/mol. The summed E-state index contributed by atoms with van der Waals surface area (Å²) < 4.78 is 1.15. The van der Waals surface area contributed by atoms with Gasteiger partial charge in [-0.2, -0.15) is 0 Å². The Morgan fingerprint density at radius 3 is 2.80 bits per heavy atom. The highest BCUT2D eigenvalue weighted by Crippen LogP contribution is 2.13. The molecule has 1 aromatic carbocycles. The first-order chi connectivity index (χ1) is 7.33. The zero-order chi connectivity index (χ0) is 10.9. The highest BCUT2D eigenvalue weighted by atomic mass is 79.9. The molecule has 0 aromatic heterocycles. The average molecular weight is 267 g/mol. The van der Waals surface area contributed by atoms with E-state index in [1.807, 2.05) is 0 Å². The normalized spacial score (nSPS) is 11.1. The fraction of sp³-hybridized carbons (Fsp3) is 0.429. The first-order valence-electron chi connectivity index (χ1n) is 5.75. The molecule has 0 fully saturated rings. The van der Waals surface area contributed by atoms with E-state index in [2.05, 4.69) is 59.3 Å². The van der Waals surface area contributed by atoms with Crippen molar-refractivity contribution in [2.45, 2.75) is 39.0 Å². The Kier molecular flexibility index (Phi) is 6.42. The smallest absolute Gasteiger partial charge is 0.0181 e. The molecule has 0 amide bonds. The number of rotatable bonds is 6. The summed E-state index contributed by atoms with van der Waals surface area (Å²) in [5, 5.41) is 0. The van der Waals surface area contributed by atoms with E-state index in [0.29, 0.717) is 0 Å². The van der Waals surface area contributed by atoms with E-state index in [1.165, 1.54) is 37.7 Å². The summed E-state index contributed by atoms with van der Waals surface area (Å²) in [5.41, 5.74) is 1.28. The minimum Gasteiger partial charge on any atom is -0.0839 e. The van der Waals surface area contributed by atoms with E-state index >= 15 is 0 Å². The molecule has 82 valence electrons. The van der Waals surface area contributed by atoms with E-state index in [0.717, 1.165) is 4.47 Å². The fourth-order valence-electron chi connectivity index (χ4n) is 1.52. The van der Waals surface area contributed by atoms with Crippen molar-refractivity contribution in [1.82, 2.24) is 0 Å². The molecule has 0 aliphatic carbocycles. The van der Waals surface area contributed by atoms with Gasteiger partial charge in [-0.15, -0.1) is 0 Å². The Morgan fingerprint density at radius 2 is 2.07 bits per heavy atom. The number of hydrogen-bond donors (Lipinski definition) is 0. The Bertz CT molecular complexity index is 302. The molecule has 0 aliphatic rings. The molecule has 1 aromatic rings. The molecule has 0 unspecified atom stereocenters. The number of unbranched alkanes of at least 4 members (excludes halogenated alkanes) is 4. The van der Waals surface area contributed by atoms with Crippen molar-refractivity contribution in [2.24, 2.45) is 0 Å². The van der Waals surface area contributed by atoms with Crippen molar-refractivity contribution in [3.05, 3.63) is 40.4 Å². The van der Waals surface area contributed by atoms with Crippen LogP contribution in [0, 0.1) is 0 Å². The van der Waals surface area contributed by atoms with E-state index in [4.69, 9.17) is 0 Å². The maximum atomic E-state index is 3.47. The summed E-state index contributed by atoms with van der Waals surface area (Å²) in [7, 11) is 0. The first kappa shape index (κ1) is 12.5. The van der Waals surface area contributed by atoms with Crippen LogP contribution >= 0.6 is 15.9 Å². The molecule has 0 spiro atoms. The van der Waals surface area contributed by atoms with Crippen molar-refractivity contribution < 1.29 is 0 Å². The molecular weight excluding hydrogens is 248 g/mol. The zero-order valence-corrected chi connectivity index (χ0v) is 11.0. The molecule has 0 nitrogen and oxygen atoms in total.